The third kappa shape index (κ3) is 9.70. The monoisotopic (exact) mass is 218 g/mol. The highest BCUT2D eigenvalue weighted by atomic mass is 32.1. The molecule has 0 aliphatic carbocycles. The summed E-state index contributed by atoms with van der Waals surface area (Å²) in [6, 6.07) is 0. The lowest BCUT2D eigenvalue weighted by Gasteiger charge is -2.14. The van der Waals surface area contributed by atoms with E-state index < -0.39 is 0 Å². The number of likely N-dealkylation sites (N-methyl/N-ethyl adjacent to an activating group) is 2. The third-order valence-corrected chi connectivity index (χ3v) is 1.98. The lowest BCUT2D eigenvalue weighted by molar-refractivity contribution is 0.407. The van der Waals surface area contributed by atoms with E-state index in [2.05, 4.69) is 20.4 Å². The molecule has 0 aromatic rings. The van der Waals surface area contributed by atoms with Crippen molar-refractivity contribution >= 4 is 17.3 Å². The molecule has 0 rings (SSSR count). The highest BCUT2D eigenvalue weighted by Crippen LogP contribution is 1.74. The quantitative estimate of drug-likeness (QED) is 0.591. The van der Waals surface area contributed by atoms with Crippen molar-refractivity contribution in [2.45, 2.75) is 0 Å². The molecule has 0 saturated heterocycles. The fourth-order valence-electron chi connectivity index (χ4n) is 0.849. The first-order valence-corrected chi connectivity index (χ1v) is 5.24. The Kier molecular flexibility index (Phi) is 7.74. The molecule has 0 saturated carbocycles. The van der Waals surface area contributed by atoms with Crippen LogP contribution in [0.4, 0.5) is 0 Å². The molecule has 2 N–H and O–H groups in total. The molecule has 14 heavy (non-hydrogen) atoms. The zero-order valence-corrected chi connectivity index (χ0v) is 10.4. The number of hydrogen-bond donors (Lipinski definition) is 2. The van der Waals surface area contributed by atoms with E-state index in [-0.39, 0.29) is 0 Å². The summed E-state index contributed by atoms with van der Waals surface area (Å²) in [4.78, 5) is 4.24. The summed E-state index contributed by atoms with van der Waals surface area (Å²) >= 11 is 5.10. The minimum Gasteiger partial charge on any atom is -0.361 e. The molecule has 0 unspecified atom stereocenters. The van der Waals surface area contributed by atoms with E-state index in [9.17, 15) is 0 Å². The summed E-state index contributed by atoms with van der Waals surface area (Å²) in [7, 11) is 8.18. The van der Waals surface area contributed by atoms with Crippen molar-refractivity contribution in [1.82, 2.24) is 20.4 Å². The van der Waals surface area contributed by atoms with Crippen molar-refractivity contribution in [3.63, 3.8) is 0 Å². The molecule has 0 aliphatic heterocycles. The molecule has 0 heterocycles. The number of hydrogen-bond acceptors (Lipinski definition) is 3. The van der Waals surface area contributed by atoms with Crippen LogP contribution in [0.1, 0.15) is 0 Å². The van der Waals surface area contributed by atoms with Crippen LogP contribution in [0.15, 0.2) is 0 Å². The van der Waals surface area contributed by atoms with Crippen molar-refractivity contribution < 1.29 is 0 Å². The van der Waals surface area contributed by atoms with Gasteiger partial charge in [-0.2, -0.15) is 0 Å². The highest BCUT2D eigenvalue weighted by Gasteiger charge is 1.95. The third-order valence-electron chi connectivity index (χ3n) is 1.69. The van der Waals surface area contributed by atoms with Crippen molar-refractivity contribution in [2.75, 3.05) is 54.4 Å². The second-order valence-electron chi connectivity index (χ2n) is 3.79. The van der Waals surface area contributed by atoms with Crippen LogP contribution in [-0.2, 0) is 0 Å². The fraction of sp³-hybridized carbons (Fsp3) is 0.889. The molecule has 0 bridgehead atoms. The van der Waals surface area contributed by atoms with Crippen LogP contribution in [0.3, 0.4) is 0 Å². The van der Waals surface area contributed by atoms with Crippen LogP contribution in [0.2, 0.25) is 0 Å². The van der Waals surface area contributed by atoms with Gasteiger partial charge in [0.2, 0.25) is 0 Å². The average molecular weight is 218 g/mol. The molecule has 0 radical (unpaired) electrons. The summed E-state index contributed by atoms with van der Waals surface area (Å²) in [6.45, 7) is 3.77. The van der Waals surface area contributed by atoms with E-state index in [0.717, 1.165) is 31.3 Å². The van der Waals surface area contributed by atoms with Gasteiger partial charge >= 0.3 is 0 Å². The Morgan fingerprint density at radius 3 is 1.57 bits per heavy atom. The van der Waals surface area contributed by atoms with Crippen molar-refractivity contribution in [2.24, 2.45) is 0 Å². The van der Waals surface area contributed by atoms with Gasteiger partial charge in [0.1, 0.15) is 0 Å². The van der Waals surface area contributed by atoms with Crippen LogP contribution in [0.25, 0.3) is 0 Å². The van der Waals surface area contributed by atoms with Gasteiger partial charge in [0.15, 0.2) is 5.11 Å². The van der Waals surface area contributed by atoms with Gasteiger partial charge in [-0.25, -0.2) is 0 Å². The Morgan fingerprint density at radius 1 is 0.929 bits per heavy atom. The second kappa shape index (κ2) is 7.96. The predicted octanol–water partition coefficient (Wildman–Crippen LogP) is -0.426. The lowest BCUT2D eigenvalue weighted by atomic mass is 10.5. The molecule has 0 aromatic carbocycles. The standard InChI is InChI=1S/C9H22N4S/c1-12(2)7-5-10-9(14)11-6-8-13(3)4/h5-8H2,1-4H3,(H2,10,11,14). The van der Waals surface area contributed by atoms with Gasteiger partial charge in [0.25, 0.3) is 0 Å². The summed E-state index contributed by atoms with van der Waals surface area (Å²) in [5, 5.41) is 7.04. The summed E-state index contributed by atoms with van der Waals surface area (Å²) in [5.41, 5.74) is 0. The normalized spacial score (nSPS) is 10.7. The number of nitrogens with zero attached hydrogens (tertiary/aromatic N) is 2. The molecule has 0 aromatic heterocycles. The maximum absolute atomic E-state index is 5.10. The summed E-state index contributed by atoms with van der Waals surface area (Å²) in [5.74, 6) is 0. The molecule has 0 spiro atoms. The molecule has 0 amide bonds. The molecular weight excluding hydrogens is 196 g/mol. The van der Waals surface area contributed by atoms with Gasteiger partial charge in [0, 0.05) is 26.2 Å². The minimum atomic E-state index is 0.744. The van der Waals surface area contributed by atoms with E-state index in [4.69, 9.17) is 12.2 Å². The van der Waals surface area contributed by atoms with E-state index in [1.165, 1.54) is 0 Å². The Hall–Kier alpha value is -0.390. The van der Waals surface area contributed by atoms with Gasteiger partial charge in [-0.05, 0) is 40.4 Å². The number of rotatable bonds is 6. The van der Waals surface area contributed by atoms with Crippen LogP contribution in [0, 0.1) is 0 Å². The smallest absolute Gasteiger partial charge is 0.166 e. The van der Waals surface area contributed by atoms with Gasteiger partial charge in [-0.3, -0.25) is 0 Å². The Balaban J connectivity index is 3.28. The van der Waals surface area contributed by atoms with Crippen molar-refractivity contribution in [3.05, 3.63) is 0 Å². The molecule has 0 fully saturated rings. The van der Waals surface area contributed by atoms with Crippen LogP contribution >= 0.6 is 12.2 Å². The van der Waals surface area contributed by atoms with E-state index in [0.29, 0.717) is 0 Å². The van der Waals surface area contributed by atoms with Crippen molar-refractivity contribution in [3.8, 4) is 0 Å². The second-order valence-corrected chi connectivity index (χ2v) is 4.20. The highest BCUT2D eigenvalue weighted by molar-refractivity contribution is 7.80. The molecular formula is C9H22N4S. The summed E-state index contributed by atoms with van der Waals surface area (Å²) in [6.07, 6.45) is 0. The number of thiocarbonyl (C=S) groups is 1. The maximum atomic E-state index is 5.10. The van der Waals surface area contributed by atoms with Crippen LogP contribution in [-0.4, -0.2) is 69.3 Å². The Labute approximate surface area is 92.6 Å². The minimum absolute atomic E-state index is 0.744. The van der Waals surface area contributed by atoms with E-state index in [1.807, 2.05) is 28.2 Å². The van der Waals surface area contributed by atoms with Crippen LogP contribution in [0.5, 0.6) is 0 Å². The molecule has 0 atom stereocenters. The zero-order chi connectivity index (χ0) is 11.0. The zero-order valence-electron chi connectivity index (χ0n) is 9.63. The Morgan fingerprint density at radius 2 is 1.29 bits per heavy atom. The first kappa shape index (κ1) is 13.6. The summed E-state index contributed by atoms with van der Waals surface area (Å²) < 4.78 is 0. The largest absolute Gasteiger partial charge is 0.361 e. The topological polar surface area (TPSA) is 30.5 Å². The number of nitrogens with one attached hydrogen (secondary N) is 2. The first-order valence-electron chi connectivity index (χ1n) is 4.83. The van der Waals surface area contributed by atoms with Gasteiger partial charge in [-0.1, -0.05) is 0 Å². The molecule has 4 nitrogen and oxygen atoms in total. The average Bonchev–Trinajstić information content (AvgIpc) is 2.02. The first-order chi connectivity index (χ1) is 6.52. The Bertz CT molecular complexity index is 143. The van der Waals surface area contributed by atoms with Gasteiger partial charge in [-0.15, -0.1) is 0 Å². The van der Waals surface area contributed by atoms with Crippen LogP contribution < -0.4 is 10.6 Å². The van der Waals surface area contributed by atoms with Gasteiger partial charge < -0.3 is 20.4 Å². The molecule has 84 valence electrons. The van der Waals surface area contributed by atoms with E-state index in [1.54, 1.807) is 0 Å². The SMILES string of the molecule is CN(C)CCNC(=S)NCCN(C)C. The van der Waals surface area contributed by atoms with Gasteiger partial charge in [0.05, 0.1) is 0 Å². The maximum Gasteiger partial charge on any atom is 0.166 e. The molecule has 0 aliphatic rings. The predicted molar refractivity (Wildman–Crippen MR) is 65.7 cm³/mol. The lowest BCUT2D eigenvalue weighted by Crippen LogP contribution is -2.41. The van der Waals surface area contributed by atoms with Crippen molar-refractivity contribution in [1.29, 1.82) is 0 Å². The fourth-order valence-corrected chi connectivity index (χ4v) is 1.05. The molecule has 5 heteroatoms. The van der Waals surface area contributed by atoms with E-state index >= 15 is 0 Å².